The maximum atomic E-state index is 13.9. The fraction of sp³-hybridized carbons (Fsp3) is 0.552. The molecule has 2 aromatic rings. The number of benzene rings is 1. The average molecular weight is 509 g/mol. The first-order valence-corrected chi connectivity index (χ1v) is 13.4. The van der Waals surface area contributed by atoms with Crippen LogP contribution in [-0.2, 0) is 9.53 Å². The van der Waals surface area contributed by atoms with Crippen molar-refractivity contribution in [1.29, 1.82) is 0 Å². The molecule has 2 atom stereocenters. The summed E-state index contributed by atoms with van der Waals surface area (Å²) in [7, 11) is 1.29. The van der Waals surface area contributed by atoms with Gasteiger partial charge in [-0.3, -0.25) is 9.59 Å². The van der Waals surface area contributed by atoms with E-state index in [2.05, 4.69) is 23.8 Å². The second-order valence-corrected chi connectivity index (χ2v) is 10.0. The maximum absolute atomic E-state index is 13.9. The Balaban J connectivity index is 1.94. The summed E-state index contributed by atoms with van der Waals surface area (Å²) in [6.07, 6.45) is 3.80. The van der Waals surface area contributed by atoms with Crippen LogP contribution in [0.5, 0.6) is 0 Å². The molecule has 0 bridgehead atoms. The molecule has 3 rings (SSSR count). The Morgan fingerprint density at radius 2 is 1.78 bits per heavy atom. The SMILES string of the molecule is CCCCC(CC)C(=O)N1CCN(C(=O)c2nc(-c3ccccc3)nc(C(C)C)c2C(=O)OC)CC1C. The fourth-order valence-corrected chi connectivity index (χ4v) is 4.88. The monoisotopic (exact) mass is 508 g/mol. The van der Waals surface area contributed by atoms with E-state index in [0.29, 0.717) is 31.2 Å². The molecular weight excluding hydrogens is 468 g/mol. The van der Waals surface area contributed by atoms with Crippen LogP contribution in [0, 0.1) is 5.92 Å². The normalized spacial score (nSPS) is 16.6. The summed E-state index contributed by atoms with van der Waals surface area (Å²) in [5.74, 6) is -0.535. The highest BCUT2D eigenvalue weighted by Gasteiger charge is 2.36. The lowest BCUT2D eigenvalue weighted by molar-refractivity contribution is -0.140. The number of hydrogen-bond donors (Lipinski definition) is 0. The molecule has 1 aliphatic heterocycles. The Morgan fingerprint density at radius 1 is 1.08 bits per heavy atom. The van der Waals surface area contributed by atoms with Gasteiger partial charge in [0.1, 0.15) is 11.3 Å². The number of amides is 2. The minimum atomic E-state index is -0.629. The number of unbranched alkanes of at least 4 members (excludes halogenated alkanes) is 1. The van der Waals surface area contributed by atoms with E-state index in [1.807, 2.05) is 56.0 Å². The van der Waals surface area contributed by atoms with Crippen LogP contribution in [0.25, 0.3) is 11.4 Å². The fourth-order valence-electron chi connectivity index (χ4n) is 4.88. The van der Waals surface area contributed by atoms with Crippen molar-refractivity contribution >= 4 is 17.8 Å². The Hall–Kier alpha value is -3.29. The standard InChI is InChI=1S/C29H40N4O4/c1-7-9-13-21(8-2)27(34)33-17-16-32(18-20(33)5)28(35)25-23(29(36)37-6)24(19(3)4)30-26(31-25)22-14-11-10-12-15-22/h10-12,14-15,19-21H,7-9,13,16-18H2,1-6H3. The third-order valence-electron chi connectivity index (χ3n) is 7.05. The van der Waals surface area contributed by atoms with Crippen molar-refractivity contribution in [3.63, 3.8) is 0 Å². The van der Waals surface area contributed by atoms with Crippen LogP contribution >= 0.6 is 0 Å². The Labute approximate surface area is 220 Å². The van der Waals surface area contributed by atoms with Gasteiger partial charge in [-0.2, -0.15) is 0 Å². The highest BCUT2D eigenvalue weighted by Crippen LogP contribution is 2.27. The molecular formula is C29H40N4O4. The lowest BCUT2D eigenvalue weighted by Crippen LogP contribution is -2.56. The lowest BCUT2D eigenvalue weighted by atomic mass is 9.96. The third-order valence-corrected chi connectivity index (χ3v) is 7.05. The van der Waals surface area contributed by atoms with Crippen molar-refractivity contribution < 1.29 is 19.1 Å². The third kappa shape index (κ3) is 6.35. The van der Waals surface area contributed by atoms with Crippen molar-refractivity contribution in [2.75, 3.05) is 26.7 Å². The first-order valence-electron chi connectivity index (χ1n) is 13.4. The molecule has 1 aliphatic rings. The van der Waals surface area contributed by atoms with Crippen LogP contribution in [0.1, 0.15) is 92.8 Å². The van der Waals surface area contributed by atoms with Crippen LogP contribution in [-0.4, -0.2) is 70.3 Å². The topological polar surface area (TPSA) is 92.7 Å². The van der Waals surface area contributed by atoms with E-state index in [0.717, 1.165) is 31.2 Å². The smallest absolute Gasteiger partial charge is 0.342 e. The van der Waals surface area contributed by atoms with Gasteiger partial charge in [0.15, 0.2) is 5.82 Å². The van der Waals surface area contributed by atoms with Crippen molar-refractivity contribution in [3.05, 3.63) is 47.3 Å². The van der Waals surface area contributed by atoms with Crippen molar-refractivity contribution in [2.24, 2.45) is 5.92 Å². The highest BCUT2D eigenvalue weighted by atomic mass is 16.5. The number of ether oxygens (including phenoxy) is 1. The number of carbonyl (C=O) groups is 3. The van der Waals surface area contributed by atoms with E-state index in [4.69, 9.17) is 4.74 Å². The summed E-state index contributed by atoms with van der Waals surface area (Å²) in [6, 6.07) is 9.27. The number of esters is 1. The summed E-state index contributed by atoms with van der Waals surface area (Å²) < 4.78 is 5.05. The van der Waals surface area contributed by atoms with Gasteiger partial charge >= 0.3 is 5.97 Å². The van der Waals surface area contributed by atoms with Gasteiger partial charge in [-0.1, -0.05) is 70.9 Å². The molecule has 8 heteroatoms. The maximum Gasteiger partial charge on any atom is 0.342 e. The number of aromatic nitrogens is 2. The number of carbonyl (C=O) groups excluding carboxylic acids is 3. The molecule has 2 amide bonds. The summed E-state index contributed by atoms with van der Waals surface area (Å²) in [6.45, 7) is 11.2. The van der Waals surface area contributed by atoms with Gasteiger partial charge < -0.3 is 14.5 Å². The van der Waals surface area contributed by atoms with E-state index in [1.54, 1.807) is 4.90 Å². The molecule has 0 saturated carbocycles. The molecule has 0 radical (unpaired) electrons. The Morgan fingerprint density at radius 3 is 2.35 bits per heavy atom. The molecule has 0 aliphatic carbocycles. The second-order valence-electron chi connectivity index (χ2n) is 10.0. The van der Waals surface area contributed by atoms with Crippen LogP contribution in [0.4, 0.5) is 0 Å². The van der Waals surface area contributed by atoms with Gasteiger partial charge in [-0.15, -0.1) is 0 Å². The highest BCUT2D eigenvalue weighted by molar-refractivity contribution is 6.05. The van der Waals surface area contributed by atoms with Gasteiger partial charge in [-0.25, -0.2) is 14.8 Å². The number of hydrogen-bond acceptors (Lipinski definition) is 6. The lowest BCUT2D eigenvalue weighted by Gasteiger charge is -2.41. The number of methoxy groups -OCH3 is 1. The summed E-state index contributed by atoms with van der Waals surface area (Å²) in [5, 5.41) is 0. The molecule has 1 fully saturated rings. The number of nitrogens with zero attached hydrogens (tertiary/aromatic N) is 4. The van der Waals surface area contributed by atoms with E-state index in [-0.39, 0.29) is 40.9 Å². The first kappa shape index (κ1) is 28.3. The molecule has 2 unspecified atom stereocenters. The largest absolute Gasteiger partial charge is 0.465 e. The van der Waals surface area contributed by atoms with Gasteiger partial charge in [0.25, 0.3) is 5.91 Å². The zero-order chi connectivity index (χ0) is 27.1. The van der Waals surface area contributed by atoms with Crippen molar-refractivity contribution in [1.82, 2.24) is 19.8 Å². The van der Waals surface area contributed by atoms with Crippen LogP contribution in [0.2, 0.25) is 0 Å². The van der Waals surface area contributed by atoms with Gasteiger partial charge in [0, 0.05) is 37.2 Å². The van der Waals surface area contributed by atoms with E-state index >= 15 is 0 Å². The van der Waals surface area contributed by atoms with Gasteiger partial charge in [0.2, 0.25) is 5.91 Å². The molecule has 8 nitrogen and oxygen atoms in total. The summed E-state index contributed by atoms with van der Waals surface area (Å²) in [5.41, 5.74) is 1.40. The average Bonchev–Trinajstić information content (AvgIpc) is 2.92. The predicted molar refractivity (Wildman–Crippen MR) is 143 cm³/mol. The number of piperazine rings is 1. The number of rotatable bonds is 9. The van der Waals surface area contributed by atoms with Gasteiger partial charge in [-0.05, 0) is 25.7 Å². The van der Waals surface area contributed by atoms with Crippen LogP contribution in [0.15, 0.2) is 30.3 Å². The van der Waals surface area contributed by atoms with Crippen LogP contribution < -0.4 is 0 Å². The molecule has 1 aromatic carbocycles. The van der Waals surface area contributed by atoms with E-state index in [1.165, 1.54) is 7.11 Å². The van der Waals surface area contributed by atoms with Crippen LogP contribution in [0.3, 0.4) is 0 Å². The van der Waals surface area contributed by atoms with Gasteiger partial charge in [0.05, 0.1) is 12.8 Å². The quantitative estimate of drug-likeness (QED) is 0.445. The molecule has 0 N–H and O–H groups in total. The molecule has 0 spiro atoms. The summed E-state index contributed by atoms with van der Waals surface area (Å²) in [4.78, 5) is 52.8. The summed E-state index contributed by atoms with van der Waals surface area (Å²) >= 11 is 0. The first-order chi connectivity index (χ1) is 17.7. The van der Waals surface area contributed by atoms with E-state index in [9.17, 15) is 14.4 Å². The second kappa shape index (κ2) is 12.8. The van der Waals surface area contributed by atoms with Crippen molar-refractivity contribution in [3.8, 4) is 11.4 Å². The molecule has 200 valence electrons. The predicted octanol–water partition coefficient (Wildman–Crippen LogP) is 4.94. The zero-order valence-electron chi connectivity index (χ0n) is 23.0. The zero-order valence-corrected chi connectivity index (χ0v) is 23.0. The molecule has 1 saturated heterocycles. The Bertz CT molecular complexity index is 1100. The molecule has 2 heterocycles. The molecule has 37 heavy (non-hydrogen) atoms. The van der Waals surface area contributed by atoms with E-state index < -0.39 is 5.97 Å². The van der Waals surface area contributed by atoms with Crippen molar-refractivity contribution in [2.45, 2.75) is 72.3 Å². The Kier molecular flexibility index (Phi) is 9.78. The molecule has 1 aromatic heterocycles. The minimum Gasteiger partial charge on any atom is -0.465 e. The minimum absolute atomic E-state index is 0.0134.